The minimum absolute atomic E-state index is 0.0400. The third-order valence-electron chi connectivity index (χ3n) is 4.74. The highest BCUT2D eigenvalue weighted by Crippen LogP contribution is 2.25. The van der Waals surface area contributed by atoms with Crippen LogP contribution in [0.1, 0.15) is 41.4 Å². The van der Waals surface area contributed by atoms with Gasteiger partial charge >= 0.3 is 0 Å². The highest BCUT2D eigenvalue weighted by Gasteiger charge is 2.21. The molecule has 3 aromatic carbocycles. The number of aryl methyl sites for hydroxylation is 1. The van der Waals surface area contributed by atoms with Gasteiger partial charge in [0.25, 0.3) is 15.9 Å². The molecule has 0 saturated carbocycles. The number of halogens is 1. The molecule has 0 saturated heterocycles. The third-order valence-corrected chi connectivity index (χ3v) is 6.61. The Morgan fingerprint density at radius 1 is 1.00 bits per heavy atom. The van der Waals surface area contributed by atoms with Gasteiger partial charge in [-0.25, -0.2) is 8.42 Å². The molecule has 0 aromatic heterocycles. The van der Waals surface area contributed by atoms with E-state index in [-0.39, 0.29) is 27.4 Å². The van der Waals surface area contributed by atoms with Gasteiger partial charge in [-0.2, -0.15) is 0 Å². The maximum atomic E-state index is 12.8. The second kappa shape index (κ2) is 9.32. The molecule has 30 heavy (non-hydrogen) atoms. The van der Waals surface area contributed by atoms with E-state index < -0.39 is 10.0 Å². The number of hydrogen-bond acceptors (Lipinski definition) is 3. The third kappa shape index (κ3) is 5.20. The summed E-state index contributed by atoms with van der Waals surface area (Å²) < 4.78 is 28.0. The summed E-state index contributed by atoms with van der Waals surface area (Å²) in [5.41, 5.74) is 2.81. The monoisotopic (exact) mass is 442 g/mol. The summed E-state index contributed by atoms with van der Waals surface area (Å²) in [7, 11) is -3.95. The molecular formula is C23H23ClN2O3S. The van der Waals surface area contributed by atoms with Crippen LogP contribution in [0, 0.1) is 0 Å². The van der Waals surface area contributed by atoms with Gasteiger partial charge in [0, 0.05) is 11.3 Å². The molecule has 5 nitrogen and oxygen atoms in total. The first-order chi connectivity index (χ1) is 14.3. The Bertz CT molecular complexity index is 1130. The number of amides is 1. The Morgan fingerprint density at radius 3 is 2.30 bits per heavy atom. The molecule has 0 aliphatic rings. The molecule has 0 aliphatic heterocycles. The fourth-order valence-electron chi connectivity index (χ4n) is 2.97. The van der Waals surface area contributed by atoms with Crippen molar-refractivity contribution < 1.29 is 13.2 Å². The van der Waals surface area contributed by atoms with Crippen molar-refractivity contribution in [2.75, 3.05) is 4.72 Å². The van der Waals surface area contributed by atoms with Gasteiger partial charge in [0.15, 0.2) is 0 Å². The fraction of sp³-hybridized carbons (Fsp3) is 0.174. The molecular weight excluding hydrogens is 420 g/mol. The minimum Gasteiger partial charge on any atom is -0.346 e. The van der Waals surface area contributed by atoms with E-state index in [1.807, 2.05) is 31.2 Å². The van der Waals surface area contributed by atoms with Gasteiger partial charge in [0.1, 0.15) is 4.90 Å². The zero-order valence-electron chi connectivity index (χ0n) is 16.7. The summed E-state index contributed by atoms with van der Waals surface area (Å²) >= 11 is 6.13. The summed E-state index contributed by atoms with van der Waals surface area (Å²) in [4.78, 5) is 12.6. The number of anilines is 1. The van der Waals surface area contributed by atoms with Crippen LogP contribution in [0.4, 0.5) is 5.69 Å². The molecule has 3 rings (SSSR count). The molecule has 7 heteroatoms. The number of sulfonamides is 1. The molecule has 2 N–H and O–H groups in total. The minimum atomic E-state index is -3.95. The van der Waals surface area contributed by atoms with E-state index in [0.717, 1.165) is 12.0 Å². The van der Waals surface area contributed by atoms with Crippen molar-refractivity contribution in [3.63, 3.8) is 0 Å². The molecule has 0 heterocycles. The number of hydrogen-bond donors (Lipinski definition) is 2. The van der Waals surface area contributed by atoms with Crippen LogP contribution < -0.4 is 10.0 Å². The van der Waals surface area contributed by atoms with Crippen LogP contribution in [0.3, 0.4) is 0 Å². The molecule has 0 aliphatic carbocycles. The highest BCUT2D eigenvalue weighted by molar-refractivity contribution is 7.92. The van der Waals surface area contributed by atoms with E-state index in [2.05, 4.69) is 17.0 Å². The summed E-state index contributed by atoms with van der Waals surface area (Å²) in [6.07, 6.45) is 0.945. The van der Waals surface area contributed by atoms with Crippen LogP contribution in [0.2, 0.25) is 5.02 Å². The van der Waals surface area contributed by atoms with Gasteiger partial charge < -0.3 is 5.32 Å². The van der Waals surface area contributed by atoms with Crippen molar-refractivity contribution in [1.82, 2.24) is 5.32 Å². The molecule has 156 valence electrons. The van der Waals surface area contributed by atoms with E-state index in [1.165, 1.54) is 23.8 Å². The van der Waals surface area contributed by atoms with Gasteiger partial charge in [0.2, 0.25) is 0 Å². The van der Waals surface area contributed by atoms with Crippen molar-refractivity contribution in [3.05, 3.63) is 94.5 Å². The van der Waals surface area contributed by atoms with E-state index in [0.29, 0.717) is 5.69 Å². The smallest absolute Gasteiger partial charge is 0.263 e. The lowest BCUT2D eigenvalue weighted by molar-refractivity contribution is 0.0939. The van der Waals surface area contributed by atoms with E-state index in [4.69, 9.17) is 11.6 Å². The zero-order chi connectivity index (χ0) is 21.7. The maximum Gasteiger partial charge on any atom is 0.263 e. The Labute approximate surface area is 182 Å². The lowest BCUT2D eigenvalue weighted by atomic mass is 10.0. The lowest BCUT2D eigenvalue weighted by Gasteiger charge is -2.16. The van der Waals surface area contributed by atoms with E-state index in [1.54, 1.807) is 30.3 Å². The maximum absolute atomic E-state index is 12.8. The quantitative estimate of drug-likeness (QED) is 0.528. The zero-order valence-corrected chi connectivity index (χ0v) is 18.3. The van der Waals surface area contributed by atoms with Gasteiger partial charge in [0.05, 0.1) is 11.1 Å². The average molecular weight is 443 g/mol. The van der Waals surface area contributed by atoms with Gasteiger partial charge in [-0.3, -0.25) is 9.52 Å². The summed E-state index contributed by atoms with van der Waals surface area (Å²) in [6, 6.07) is 20.5. The number of benzene rings is 3. The Kier molecular flexibility index (Phi) is 6.80. The molecule has 1 amide bonds. The second-order valence-electron chi connectivity index (χ2n) is 6.91. The van der Waals surface area contributed by atoms with Crippen LogP contribution in [-0.2, 0) is 16.4 Å². The Morgan fingerprint density at radius 2 is 1.67 bits per heavy atom. The molecule has 0 fully saturated rings. The predicted octanol–water partition coefficient (Wildman–Crippen LogP) is 5.19. The average Bonchev–Trinajstić information content (AvgIpc) is 2.74. The van der Waals surface area contributed by atoms with Crippen molar-refractivity contribution in [3.8, 4) is 0 Å². The molecule has 0 spiro atoms. The SMILES string of the molecule is CCc1ccc(C(C)NC(=O)c2ccc(Cl)c(S(=O)(=O)Nc3ccccc3)c2)cc1. The van der Waals surface area contributed by atoms with Crippen LogP contribution >= 0.6 is 11.6 Å². The first-order valence-electron chi connectivity index (χ1n) is 9.57. The van der Waals surface area contributed by atoms with Crippen molar-refractivity contribution >= 4 is 33.2 Å². The fourth-order valence-corrected chi connectivity index (χ4v) is 4.56. The summed E-state index contributed by atoms with van der Waals surface area (Å²) in [6.45, 7) is 3.96. The van der Waals surface area contributed by atoms with Crippen LogP contribution in [0.15, 0.2) is 77.7 Å². The van der Waals surface area contributed by atoms with Crippen molar-refractivity contribution in [2.24, 2.45) is 0 Å². The number of carbonyl (C=O) groups is 1. The second-order valence-corrected chi connectivity index (χ2v) is 8.97. The highest BCUT2D eigenvalue weighted by atomic mass is 35.5. The largest absolute Gasteiger partial charge is 0.346 e. The number of rotatable bonds is 7. The van der Waals surface area contributed by atoms with Gasteiger partial charge in [-0.1, -0.05) is 61.0 Å². The van der Waals surface area contributed by atoms with E-state index in [9.17, 15) is 13.2 Å². The van der Waals surface area contributed by atoms with Gasteiger partial charge in [-0.05, 0) is 54.8 Å². The Balaban J connectivity index is 1.80. The first-order valence-corrected chi connectivity index (χ1v) is 11.4. The standard InChI is InChI=1S/C23H23ClN2O3S/c1-3-17-9-11-18(12-10-17)16(2)25-23(27)19-13-14-21(24)22(15-19)30(28,29)26-20-7-5-4-6-8-20/h4-16,26H,3H2,1-2H3,(H,25,27). The molecule has 0 bridgehead atoms. The van der Waals surface area contributed by atoms with Crippen LogP contribution in [0.25, 0.3) is 0 Å². The lowest BCUT2D eigenvalue weighted by Crippen LogP contribution is -2.27. The van der Waals surface area contributed by atoms with Crippen LogP contribution in [-0.4, -0.2) is 14.3 Å². The number of nitrogens with one attached hydrogen (secondary N) is 2. The van der Waals surface area contributed by atoms with Crippen molar-refractivity contribution in [2.45, 2.75) is 31.2 Å². The first kappa shape index (κ1) is 21.9. The molecule has 3 aromatic rings. The molecule has 1 atom stereocenters. The normalized spacial score (nSPS) is 12.2. The summed E-state index contributed by atoms with van der Waals surface area (Å²) in [5, 5.41) is 2.94. The number of para-hydroxylation sites is 1. The topological polar surface area (TPSA) is 75.3 Å². The van der Waals surface area contributed by atoms with E-state index >= 15 is 0 Å². The predicted molar refractivity (Wildman–Crippen MR) is 120 cm³/mol. The molecule has 0 radical (unpaired) electrons. The van der Waals surface area contributed by atoms with Gasteiger partial charge in [-0.15, -0.1) is 0 Å². The van der Waals surface area contributed by atoms with Crippen molar-refractivity contribution in [1.29, 1.82) is 0 Å². The van der Waals surface area contributed by atoms with Crippen LogP contribution in [0.5, 0.6) is 0 Å². The summed E-state index contributed by atoms with van der Waals surface area (Å²) in [5.74, 6) is -0.380. The Hall–Kier alpha value is -2.83. The number of carbonyl (C=O) groups excluding carboxylic acids is 1. The molecule has 1 unspecified atom stereocenters.